The van der Waals surface area contributed by atoms with Crippen molar-refractivity contribution in [2.75, 3.05) is 20.3 Å². The smallest absolute Gasteiger partial charge is 0.328 e. The third-order valence-electron chi connectivity index (χ3n) is 4.08. The number of esters is 1. The number of carbonyl (C=O) groups is 2. The van der Waals surface area contributed by atoms with Crippen LogP contribution in [0.15, 0.2) is 6.07 Å². The van der Waals surface area contributed by atoms with E-state index < -0.39 is 46.7 Å². The maximum Gasteiger partial charge on any atom is 0.328 e. The second-order valence-electron chi connectivity index (χ2n) is 5.74. The van der Waals surface area contributed by atoms with Gasteiger partial charge in [0.2, 0.25) is 5.82 Å². The molecule has 0 bridgehead atoms. The number of unbranched alkanes of at least 4 members (excludes halogenated alkanes) is 1. The van der Waals surface area contributed by atoms with Crippen molar-refractivity contribution in [3.05, 3.63) is 29.1 Å². The maximum absolute atomic E-state index is 14.3. The standard InChI is InChI=1S/C17H20F3NO4/c1-3-4-8-25-17(23)12-6-5-7-21(12)16(22)10-9-11(18)14(20)15(24-2)13(10)19/h9,12H,3-8H2,1-2H3. The maximum atomic E-state index is 14.3. The number of benzene rings is 1. The molecular formula is C17H20F3NO4. The molecule has 0 aliphatic carbocycles. The highest BCUT2D eigenvalue weighted by molar-refractivity contribution is 5.97. The molecule has 1 aliphatic heterocycles. The number of hydrogen-bond acceptors (Lipinski definition) is 4. The van der Waals surface area contributed by atoms with Gasteiger partial charge in [-0.05, 0) is 25.3 Å². The number of hydrogen-bond donors (Lipinski definition) is 0. The molecule has 1 fully saturated rings. The molecule has 1 amide bonds. The minimum absolute atomic E-state index is 0.202. The number of rotatable bonds is 6. The number of halogens is 3. The lowest BCUT2D eigenvalue weighted by molar-refractivity contribution is -0.148. The Hall–Kier alpha value is -2.25. The van der Waals surface area contributed by atoms with E-state index in [1.807, 2.05) is 6.92 Å². The minimum atomic E-state index is -1.51. The van der Waals surface area contributed by atoms with E-state index in [2.05, 4.69) is 4.74 Å². The van der Waals surface area contributed by atoms with Gasteiger partial charge in [0.25, 0.3) is 5.91 Å². The summed E-state index contributed by atoms with van der Waals surface area (Å²) < 4.78 is 51.1. The highest BCUT2D eigenvalue weighted by atomic mass is 19.2. The van der Waals surface area contributed by atoms with Gasteiger partial charge in [0.05, 0.1) is 19.3 Å². The van der Waals surface area contributed by atoms with Crippen molar-refractivity contribution in [3.8, 4) is 5.75 Å². The van der Waals surface area contributed by atoms with Gasteiger partial charge in [0, 0.05) is 6.54 Å². The van der Waals surface area contributed by atoms with Gasteiger partial charge < -0.3 is 14.4 Å². The van der Waals surface area contributed by atoms with E-state index in [0.717, 1.165) is 18.4 Å². The van der Waals surface area contributed by atoms with Crippen LogP contribution in [-0.4, -0.2) is 43.1 Å². The summed E-state index contributed by atoms with van der Waals surface area (Å²) in [5.41, 5.74) is -0.677. The van der Waals surface area contributed by atoms with Crippen molar-refractivity contribution in [3.63, 3.8) is 0 Å². The lowest BCUT2D eigenvalue weighted by Crippen LogP contribution is -2.42. The quantitative estimate of drug-likeness (QED) is 0.445. The first-order valence-corrected chi connectivity index (χ1v) is 8.11. The van der Waals surface area contributed by atoms with Crippen LogP contribution in [0, 0.1) is 17.5 Å². The van der Waals surface area contributed by atoms with E-state index in [1.165, 1.54) is 0 Å². The number of methoxy groups -OCH3 is 1. The molecule has 0 aromatic heterocycles. The van der Waals surface area contributed by atoms with Crippen molar-refractivity contribution in [1.29, 1.82) is 0 Å². The largest absolute Gasteiger partial charge is 0.491 e. The molecule has 1 atom stereocenters. The van der Waals surface area contributed by atoms with E-state index in [-0.39, 0.29) is 13.2 Å². The SMILES string of the molecule is CCCCOC(=O)C1CCCN1C(=O)c1cc(F)c(F)c(OC)c1F. The Kier molecular flexibility index (Phi) is 6.27. The molecule has 1 unspecified atom stereocenters. The lowest BCUT2D eigenvalue weighted by atomic mass is 10.1. The third kappa shape index (κ3) is 3.88. The third-order valence-corrected chi connectivity index (χ3v) is 4.08. The molecule has 0 radical (unpaired) electrons. The molecule has 1 aromatic carbocycles. The van der Waals surface area contributed by atoms with Crippen molar-refractivity contribution >= 4 is 11.9 Å². The molecule has 1 aromatic rings. The molecule has 138 valence electrons. The topological polar surface area (TPSA) is 55.8 Å². The predicted molar refractivity (Wildman–Crippen MR) is 82.8 cm³/mol. The van der Waals surface area contributed by atoms with Crippen molar-refractivity contribution in [2.45, 2.75) is 38.6 Å². The van der Waals surface area contributed by atoms with Crippen LogP contribution in [0.2, 0.25) is 0 Å². The van der Waals surface area contributed by atoms with E-state index in [1.54, 1.807) is 0 Å². The Labute approximate surface area is 143 Å². The van der Waals surface area contributed by atoms with Crippen LogP contribution in [-0.2, 0) is 9.53 Å². The fraction of sp³-hybridized carbons (Fsp3) is 0.529. The fourth-order valence-corrected chi connectivity index (χ4v) is 2.74. The summed E-state index contributed by atoms with van der Waals surface area (Å²) in [7, 11) is 0.971. The Bertz CT molecular complexity index is 666. The first-order valence-electron chi connectivity index (χ1n) is 8.11. The molecule has 5 nitrogen and oxygen atoms in total. The summed E-state index contributed by atoms with van der Waals surface area (Å²) in [5, 5.41) is 0. The van der Waals surface area contributed by atoms with Gasteiger partial charge in [-0.25, -0.2) is 13.6 Å². The number of nitrogens with zero attached hydrogens (tertiary/aromatic N) is 1. The Morgan fingerprint density at radius 1 is 1.28 bits per heavy atom. The normalized spacial score (nSPS) is 16.8. The zero-order valence-corrected chi connectivity index (χ0v) is 14.1. The zero-order chi connectivity index (χ0) is 18.6. The molecule has 0 spiro atoms. The van der Waals surface area contributed by atoms with Crippen LogP contribution in [0.1, 0.15) is 43.0 Å². The summed E-state index contributed by atoms with van der Waals surface area (Å²) >= 11 is 0. The number of likely N-dealkylation sites (tertiary alicyclic amines) is 1. The molecule has 1 aliphatic rings. The van der Waals surface area contributed by atoms with Gasteiger partial charge in [0.1, 0.15) is 6.04 Å². The summed E-state index contributed by atoms with van der Waals surface area (Å²) in [4.78, 5) is 25.8. The average molecular weight is 359 g/mol. The van der Waals surface area contributed by atoms with Crippen LogP contribution in [0.3, 0.4) is 0 Å². The number of ether oxygens (including phenoxy) is 2. The first-order chi connectivity index (χ1) is 11.9. The van der Waals surface area contributed by atoms with Crippen LogP contribution in [0.5, 0.6) is 5.75 Å². The zero-order valence-electron chi connectivity index (χ0n) is 14.1. The second-order valence-corrected chi connectivity index (χ2v) is 5.74. The molecule has 2 rings (SSSR count). The predicted octanol–water partition coefficient (Wildman–Crippen LogP) is 3.06. The van der Waals surface area contributed by atoms with Gasteiger partial charge in [-0.1, -0.05) is 13.3 Å². The van der Waals surface area contributed by atoms with Crippen molar-refractivity contribution < 1.29 is 32.2 Å². The summed E-state index contributed by atoms with van der Waals surface area (Å²) in [6.45, 7) is 2.38. The summed E-state index contributed by atoms with van der Waals surface area (Å²) in [5.74, 6) is -6.64. The van der Waals surface area contributed by atoms with Crippen LogP contribution >= 0.6 is 0 Å². The van der Waals surface area contributed by atoms with Crippen molar-refractivity contribution in [1.82, 2.24) is 4.90 Å². The van der Waals surface area contributed by atoms with Crippen LogP contribution in [0.4, 0.5) is 13.2 Å². The fourth-order valence-electron chi connectivity index (χ4n) is 2.74. The molecule has 25 heavy (non-hydrogen) atoms. The van der Waals surface area contributed by atoms with E-state index >= 15 is 0 Å². The van der Waals surface area contributed by atoms with Gasteiger partial charge in [0.15, 0.2) is 17.4 Å². The minimum Gasteiger partial charge on any atom is -0.491 e. The molecule has 1 heterocycles. The lowest BCUT2D eigenvalue weighted by Gasteiger charge is -2.24. The molecule has 0 saturated carbocycles. The Balaban J connectivity index is 2.24. The molecule has 0 N–H and O–H groups in total. The first kappa shape index (κ1) is 19.1. The molecular weight excluding hydrogens is 339 g/mol. The van der Waals surface area contributed by atoms with Gasteiger partial charge in [-0.3, -0.25) is 4.79 Å². The summed E-state index contributed by atoms with van der Waals surface area (Å²) in [6.07, 6.45) is 2.45. The number of amides is 1. The van der Waals surface area contributed by atoms with E-state index in [0.29, 0.717) is 25.3 Å². The van der Waals surface area contributed by atoms with E-state index in [4.69, 9.17) is 4.74 Å². The Morgan fingerprint density at radius 3 is 2.64 bits per heavy atom. The van der Waals surface area contributed by atoms with Crippen molar-refractivity contribution in [2.24, 2.45) is 0 Å². The highest BCUT2D eigenvalue weighted by Gasteiger charge is 2.37. The van der Waals surface area contributed by atoms with Crippen LogP contribution < -0.4 is 4.74 Å². The molecule has 1 saturated heterocycles. The highest BCUT2D eigenvalue weighted by Crippen LogP contribution is 2.29. The average Bonchev–Trinajstić information content (AvgIpc) is 3.08. The molecule has 8 heteroatoms. The van der Waals surface area contributed by atoms with Crippen LogP contribution in [0.25, 0.3) is 0 Å². The Morgan fingerprint density at radius 2 is 2.00 bits per heavy atom. The monoisotopic (exact) mass is 359 g/mol. The number of carbonyl (C=O) groups excluding carboxylic acids is 2. The van der Waals surface area contributed by atoms with Gasteiger partial charge in [-0.2, -0.15) is 4.39 Å². The van der Waals surface area contributed by atoms with Gasteiger partial charge in [-0.15, -0.1) is 0 Å². The van der Waals surface area contributed by atoms with E-state index in [9.17, 15) is 22.8 Å². The van der Waals surface area contributed by atoms with Gasteiger partial charge >= 0.3 is 5.97 Å². The second kappa shape index (κ2) is 8.22. The summed E-state index contributed by atoms with van der Waals surface area (Å²) in [6, 6.07) is -0.379.